The first kappa shape index (κ1) is 19.6. The Morgan fingerprint density at radius 1 is 1.25 bits per heavy atom. The highest BCUT2D eigenvalue weighted by Crippen LogP contribution is 2.28. The fourth-order valence-corrected chi connectivity index (χ4v) is 3.06. The van der Waals surface area contributed by atoms with Crippen LogP contribution in [0.25, 0.3) is 11.0 Å². The van der Waals surface area contributed by atoms with Gasteiger partial charge in [0.25, 0.3) is 11.6 Å². The van der Waals surface area contributed by atoms with E-state index in [-0.39, 0.29) is 5.69 Å². The van der Waals surface area contributed by atoms with E-state index in [1.807, 2.05) is 0 Å². The first-order valence-electron chi connectivity index (χ1n) is 8.20. The predicted molar refractivity (Wildman–Crippen MR) is 107 cm³/mol. The molecule has 1 aromatic heterocycles. The molecule has 1 N–H and O–H groups in total. The summed E-state index contributed by atoms with van der Waals surface area (Å²) in [6.45, 7) is 3.36. The zero-order chi connectivity index (χ0) is 20.4. The van der Waals surface area contributed by atoms with Gasteiger partial charge in [-0.25, -0.2) is 4.79 Å². The monoisotopic (exact) mass is 446 g/mol. The summed E-state index contributed by atoms with van der Waals surface area (Å²) in [5, 5.41) is 14.2. The van der Waals surface area contributed by atoms with Crippen LogP contribution in [-0.4, -0.2) is 16.9 Å². The highest BCUT2D eigenvalue weighted by molar-refractivity contribution is 9.10. The van der Waals surface area contributed by atoms with Gasteiger partial charge in [-0.05, 0) is 53.5 Å². The lowest BCUT2D eigenvalue weighted by Crippen LogP contribution is -2.30. The van der Waals surface area contributed by atoms with E-state index in [9.17, 15) is 19.7 Å². The number of non-ortho nitro benzene ring substituents is 1. The molecule has 0 aliphatic carbocycles. The van der Waals surface area contributed by atoms with E-state index in [1.165, 1.54) is 24.3 Å². The summed E-state index contributed by atoms with van der Waals surface area (Å²) in [4.78, 5) is 34.2. The zero-order valence-corrected chi connectivity index (χ0v) is 16.5. The van der Waals surface area contributed by atoms with Crippen molar-refractivity contribution in [1.82, 2.24) is 0 Å². The molecule has 8 nitrogen and oxygen atoms in total. The van der Waals surface area contributed by atoms with E-state index in [2.05, 4.69) is 21.2 Å². The van der Waals surface area contributed by atoms with E-state index in [4.69, 9.17) is 9.15 Å². The minimum absolute atomic E-state index is 0.0953. The maximum atomic E-state index is 12.4. The quantitative estimate of drug-likeness (QED) is 0.357. The van der Waals surface area contributed by atoms with Crippen LogP contribution < -0.4 is 15.7 Å². The van der Waals surface area contributed by atoms with Crippen molar-refractivity contribution in [2.45, 2.75) is 20.0 Å². The second-order valence-electron chi connectivity index (χ2n) is 6.08. The van der Waals surface area contributed by atoms with Crippen LogP contribution in [0.4, 0.5) is 11.4 Å². The Morgan fingerprint density at radius 2 is 2.00 bits per heavy atom. The van der Waals surface area contributed by atoms with Gasteiger partial charge < -0.3 is 14.5 Å². The Bertz CT molecular complexity index is 1140. The summed E-state index contributed by atoms with van der Waals surface area (Å²) in [7, 11) is 0. The summed E-state index contributed by atoms with van der Waals surface area (Å²) in [5.74, 6) is -0.0768. The van der Waals surface area contributed by atoms with Crippen molar-refractivity contribution < 1.29 is 18.9 Å². The molecular formula is C19H15BrN2O6. The van der Waals surface area contributed by atoms with Gasteiger partial charge in [-0.1, -0.05) is 0 Å². The lowest BCUT2D eigenvalue weighted by molar-refractivity contribution is -0.384. The van der Waals surface area contributed by atoms with Crippen molar-refractivity contribution in [2.24, 2.45) is 0 Å². The van der Waals surface area contributed by atoms with Crippen molar-refractivity contribution in [3.8, 4) is 5.75 Å². The molecule has 0 spiro atoms. The fourth-order valence-electron chi connectivity index (χ4n) is 2.59. The second kappa shape index (κ2) is 7.81. The van der Waals surface area contributed by atoms with Crippen molar-refractivity contribution >= 4 is 44.2 Å². The van der Waals surface area contributed by atoms with Gasteiger partial charge in [0.2, 0.25) is 0 Å². The minimum atomic E-state index is -0.865. The Kier molecular flexibility index (Phi) is 5.46. The third-order valence-electron chi connectivity index (χ3n) is 4.03. The lowest BCUT2D eigenvalue weighted by Gasteiger charge is -2.15. The number of nitro groups is 1. The van der Waals surface area contributed by atoms with E-state index in [0.29, 0.717) is 21.5 Å². The number of carbonyl (C=O) groups is 1. The molecule has 3 aromatic rings. The van der Waals surface area contributed by atoms with Crippen molar-refractivity contribution in [1.29, 1.82) is 0 Å². The third kappa shape index (κ3) is 4.20. The molecule has 2 aromatic carbocycles. The van der Waals surface area contributed by atoms with Crippen LogP contribution in [0.2, 0.25) is 0 Å². The molecule has 9 heteroatoms. The zero-order valence-electron chi connectivity index (χ0n) is 14.9. The molecule has 28 heavy (non-hydrogen) atoms. The normalized spacial score (nSPS) is 11.8. The van der Waals surface area contributed by atoms with Gasteiger partial charge in [0.1, 0.15) is 11.3 Å². The second-order valence-corrected chi connectivity index (χ2v) is 6.93. The van der Waals surface area contributed by atoms with Crippen molar-refractivity contribution in [3.05, 3.63) is 73.0 Å². The Hall–Kier alpha value is -3.20. The number of benzene rings is 2. The van der Waals surface area contributed by atoms with Gasteiger partial charge in [0.05, 0.1) is 10.6 Å². The van der Waals surface area contributed by atoms with Crippen LogP contribution >= 0.6 is 15.9 Å². The number of ether oxygens (including phenoxy) is 1. The van der Waals surface area contributed by atoms with Crippen LogP contribution in [0.5, 0.6) is 5.75 Å². The average molecular weight is 447 g/mol. The molecule has 0 saturated heterocycles. The molecule has 0 aliphatic heterocycles. The lowest BCUT2D eigenvalue weighted by atomic mass is 10.1. The Balaban J connectivity index is 1.75. The van der Waals surface area contributed by atoms with Crippen molar-refractivity contribution in [2.75, 3.05) is 5.32 Å². The van der Waals surface area contributed by atoms with Gasteiger partial charge in [-0.3, -0.25) is 14.9 Å². The van der Waals surface area contributed by atoms with Crippen LogP contribution in [0.15, 0.2) is 56.1 Å². The number of aryl methyl sites for hydroxylation is 1. The highest BCUT2D eigenvalue weighted by Gasteiger charge is 2.18. The number of nitro benzene ring substituents is 1. The molecule has 1 heterocycles. The summed E-state index contributed by atoms with van der Waals surface area (Å²) in [5.41, 5.74) is 0.976. The summed E-state index contributed by atoms with van der Waals surface area (Å²) >= 11 is 3.20. The molecule has 0 radical (unpaired) electrons. The molecule has 1 amide bonds. The van der Waals surface area contributed by atoms with Gasteiger partial charge in [0.15, 0.2) is 6.10 Å². The first-order valence-corrected chi connectivity index (χ1v) is 9.00. The summed E-state index contributed by atoms with van der Waals surface area (Å²) in [6, 6.07) is 10.4. The number of nitrogens with zero attached hydrogens (tertiary/aromatic N) is 1. The summed E-state index contributed by atoms with van der Waals surface area (Å²) < 4.78 is 11.2. The maximum absolute atomic E-state index is 12.4. The van der Waals surface area contributed by atoms with Gasteiger partial charge in [0, 0.05) is 34.1 Å². The first-order chi connectivity index (χ1) is 13.2. The molecule has 0 fully saturated rings. The van der Waals surface area contributed by atoms with Gasteiger partial charge in [-0.15, -0.1) is 0 Å². The number of anilines is 1. The standard InChI is InChI=1S/C19H15BrN2O6/c1-10-7-18(23)28-17-9-13(4-5-14(10)17)27-11(2)19(24)21-16-6-3-12(22(25)26)8-15(16)20/h3-9,11H,1-2H3,(H,21,24). The molecular weight excluding hydrogens is 432 g/mol. The highest BCUT2D eigenvalue weighted by atomic mass is 79.9. The van der Waals surface area contributed by atoms with Crippen LogP contribution in [0.3, 0.4) is 0 Å². The Labute approximate surface area is 167 Å². The molecule has 0 aliphatic rings. The minimum Gasteiger partial charge on any atom is -0.481 e. The van der Waals surface area contributed by atoms with E-state index in [0.717, 1.165) is 10.9 Å². The van der Waals surface area contributed by atoms with Crippen LogP contribution in [0, 0.1) is 17.0 Å². The van der Waals surface area contributed by atoms with Gasteiger partial charge >= 0.3 is 5.63 Å². The number of fused-ring (bicyclic) bond motifs is 1. The third-order valence-corrected chi connectivity index (χ3v) is 4.68. The van der Waals surface area contributed by atoms with Crippen LogP contribution in [-0.2, 0) is 4.79 Å². The van der Waals surface area contributed by atoms with Crippen LogP contribution in [0.1, 0.15) is 12.5 Å². The van der Waals surface area contributed by atoms with E-state index < -0.39 is 22.6 Å². The smallest absolute Gasteiger partial charge is 0.336 e. The number of nitrogens with one attached hydrogen (secondary N) is 1. The number of rotatable bonds is 5. The van der Waals surface area contributed by atoms with Gasteiger partial charge in [-0.2, -0.15) is 0 Å². The van der Waals surface area contributed by atoms with E-state index >= 15 is 0 Å². The molecule has 144 valence electrons. The fraction of sp³-hybridized carbons (Fsp3) is 0.158. The topological polar surface area (TPSA) is 112 Å². The predicted octanol–water partition coefficient (Wildman–Crippen LogP) is 4.18. The molecule has 0 bridgehead atoms. The largest absolute Gasteiger partial charge is 0.481 e. The molecule has 1 atom stereocenters. The van der Waals surface area contributed by atoms with Crippen molar-refractivity contribution in [3.63, 3.8) is 0 Å². The molecule has 1 unspecified atom stereocenters. The summed E-state index contributed by atoms with van der Waals surface area (Å²) in [6.07, 6.45) is -0.865. The molecule has 3 rings (SSSR count). The average Bonchev–Trinajstić information content (AvgIpc) is 2.62. The number of halogens is 1. The number of hydrogen-bond acceptors (Lipinski definition) is 6. The SMILES string of the molecule is Cc1cc(=O)oc2cc(OC(C)C(=O)Nc3ccc([N+](=O)[O-])cc3Br)ccc12. The number of carbonyl (C=O) groups excluding carboxylic acids is 1. The number of hydrogen-bond donors (Lipinski definition) is 1. The number of amides is 1. The molecule has 0 saturated carbocycles. The van der Waals surface area contributed by atoms with E-state index in [1.54, 1.807) is 32.0 Å². The Morgan fingerprint density at radius 3 is 2.68 bits per heavy atom. The maximum Gasteiger partial charge on any atom is 0.336 e.